The fourth-order valence-corrected chi connectivity index (χ4v) is 0.511. The Hall–Kier alpha value is -0.320. The van der Waals surface area contributed by atoms with Crippen LogP contribution in [0, 0.1) is 0 Å². The lowest BCUT2D eigenvalue weighted by atomic mass is 10.5. The SMILES string of the molecule is C[N+](C)(C)CCOCC(N)=O.[Cl-]. The molecule has 0 radical (unpaired) electrons. The van der Waals surface area contributed by atoms with Gasteiger partial charge in [0.05, 0.1) is 27.7 Å². The highest BCUT2D eigenvalue weighted by molar-refractivity contribution is 5.74. The molecule has 2 N–H and O–H groups in total. The first-order valence-electron chi connectivity index (χ1n) is 3.58. The normalized spacial score (nSPS) is 10.6. The lowest BCUT2D eigenvalue weighted by Gasteiger charge is -2.23. The predicted octanol–water partition coefficient (Wildman–Crippen LogP) is -3.80. The van der Waals surface area contributed by atoms with Gasteiger partial charge < -0.3 is 27.4 Å². The Kier molecular flexibility index (Phi) is 7.37. The van der Waals surface area contributed by atoms with Crippen LogP contribution in [0.1, 0.15) is 0 Å². The Morgan fingerprint density at radius 1 is 1.42 bits per heavy atom. The number of likely N-dealkylation sites (N-methyl/N-ethyl adjacent to an activating group) is 1. The highest BCUT2D eigenvalue weighted by atomic mass is 35.5. The maximum Gasteiger partial charge on any atom is 0.243 e. The molecule has 0 atom stereocenters. The average Bonchev–Trinajstić information content (AvgIpc) is 1.78. The van der Waals surface area contributed by atoms with Crippen molar-refractivity contribution in [3.05, 3.63) is 0 Å². The van der Waals surface area contributed by atoms with Crippen molar-refractivity contribution in [2.45, 2.75) is 0 Å². The summed E-state index contributed by atoms with van der Waals surface area (Å²) in [6, 6.07) is 0. The minimum atomic E-state index is -0.411. The van der Waals surface area contributed by atoms with Crippen LogP contribution < -0.4 is 18.1 Å². The Morgan fingerprint density at radius 3 is 2.25 bits per heavy atom. The smallest absolute Gasteiger partial charge is 0.243 e. The van der Waals surface area contributed by atoms with Crippen LogP contribution in [0.15, 0.2) is 0 Å². The number of carbonyl (C=O) groups is 1. The molecule has 1 amide bonds. The lowest BCUT2D eigenvalue weighted by Crippen LogP contribution is -3.00. The molecule has 0 aliphatic rings. The molecule has 0 saturated heterocycles. The summed E-state index contributed by atoms with van der Waals surface area (Å²) < 4.78 is 5.81. The fraction of sp³-hybridized carbons (Fsp3) is 0.857. The summed E-state index contributed by atoms with van der Waals surface area (Å²) in [6.07, 6.45) is 0. The molecular formula is C7H17ClN2O2. The summed E-state index contributed by atoms with van der Waals surface area (Å²) in [6.45, 7) is 1.49. The van der Waals surface area contributed by atoms with E-state index in [0.717, 1.165) is 11.0 Å². The van der Waals surface area contributed by atoms with E-state index in [1.807, 2.05) is 0 Å². The number of carbonyl (C=O) groups excluding carboxylic acids is 1. The van der Waals surface area contributed by atoms with Gasteiger partial charge in [0.15, 0.2) is 0 Å². The van der Waals surface area contributed by atoms with Crippen LogP contribution in [-0.4, -0.2) is 51.3 Å². The molecule has 74 valence electrons. The van der Waals surface area contributed by atoms with Crippen molar-refractivity contribution in [2.75, 3.05) is 40.9 Å². The summed E-state index contributed by atoms with van der Waals surface area (Å²) >= 11 is 0. The van der Waals surface area contributed by atoms with Gasteiger partial charge in [-0.2, -0.15) is 0 Å². The number of quaternary nitrogens is 1. The third-order valence-corrected chi connectivity index (χ3v) is 1.15. The first-order chi connectivity index (χ1) is 4.92. The van der Waals surface area contributed by atoms with Crippen LogP contribution >= 0.6 is 0 Å². The molecule has 0 heterocycles. The number of ether oxygens (including phenoxy) is 1. The Bertz CT molecular complexity index is 134. The molecule has 5 heteroatoms. The van der Waals surface area contributed by atoms with Crippen LogP contribution in [0.4, 0.5) is 0 Å². The van der Waals surface area contributed by atoms with Gasteiger partial charge in [-0.25, -0.2) is 0 Å². The summed E-state index contributed by atoms with van der Waals surface area (Å²) in [4.78, 5) is 10.2. The van der Waals surface area contributed by atoms with Gasteiger partial charge in [-0.3, -0.25) is 4.79 Å². The molecule has 0 spiro atoms. The highest BCUT2D eigenvalue weighted by Crippen LogP contribution is 1.88. The van der Waals surface area contributed by atoms with Gasteiger partial charge in [-0.05, 0) is 0 Å². The molecule has 4 nitrogen and oxygen atoms in total. The molecule has 0 saturated carbocycles. The first-order valence-corrected chi connectivity index (χ1v) is 3.58. The van der Waals surface area contributed by atoms with Gasteiger partial charge in [-0.15, -0.1) is 0 Å². The van der Waals surface area contributed by atoms with E-state index in [-0.39, 0.29) is 19.0 Å². The predicted molar refractivity (Wildman–Crippen MR) is 42.9 cm³/mol. The molecule has 0 aromatic heterocycles. The standard InChI is InChI=1S/C7H16N2O2.ClH/c1-9(2,3)4-5-11-6-7(8)10;/h4-6H2,1-3H3,(H-,8,10);1H. The van der Waals surface area contributed by atoms with Gasteiger partial charge in [-0.1, -0.05) is 0 Å². The molecule has 0 fully saturated rings. The maximum atomic E-state index is 10.2. The van der Waals surface area contributed by atoms with Gasteiger partial charge in [0.2, 0.25) is 5.91 Å². The Morgan fingerprint density at radius 2 is 1.92 bits per heavy atom. The molecule has 0 bridgehead atoms. The number of rotatable bonds is 5. The molecular weight excluding hydrogens is 180 g/mol. The summed E-state index contributed by atoms with van der Waals surface area (Å²) in [7, 11) is 6.19. The molecule has 0 aliphatic heterocycles. The summed E-state index contributed by atoms with van der Waals surface area (Å²) in [5.74, 6) is -0.411. The second-order valence-electron chi connectivity index (χ2n) is 3.53. The fourth-order valence-electron chi connectivity index (χ4n) is 0.511. The van der Waals surface area contributed by atoms with E-state index in [2.05, 4.69) is 21.1 Å². The first kappa shape index (κ1) is 14.2. The molecule has 0 aromatic rings. The number of hydrogen-bond donors (Lipinski definition) is 1. The zero-order chi connectivity index (χ0) is 8.91. The number of halogens is 1. The number of primary amides is 1. The molecule has 12 heavy (non-hydrogen) atoms. The molecule has 0 aromatic carbocycles. The van der Waals surface area contributed by atoms with Gasteiger partial charge in [0.25, 0.3) is 0 Å². The van der Waals surface area contributed by atoms with Crippen molar-refractivity contribution in [3.8, 4) is 0 Å². The van der Waals surface area contributed by atoms with E-state index in [1.165, 1.54) is 0 Å². The van der Waals surface area contributed by atoms with Crippen molar-refractivity contribution < 1.29 is 26.4 Å². The summed E-state index contributed by atoms with van der Waals surface area (Å²) in [5.41, 5.74) is 4.87. The van der Waals surface area contributed by atoms with Crippen molar-refractivity contribution in [1.29, 1.82) is 0 Å². The van der Waals surface area contributed by atoms with Gasteiger partial charge in [0, 0.05) is 0 Å². The van der Waals surface area contributed by atoms with E-state index < -0.39 is 5.91 Å². The van der Waals surface area contributed by atoms with Crippen LogP contribution in [0.2, 0.25) is 0 Å². The topological polar surface area (TPSA) is 52.3 Å². The van der Waals surface area contributed by atoms with Gasteiger partial charge in [0.1, 0.15) is 13.2 Å². The lowest BCUT2D eigenvalue weighted by molar-refractivity contribution is -0.870. The minimum Gasteiger partial charge on any atom is -1.00 e. The average molecular weight is 197 g/mol. The largest absolute Gasteiger partial charge is 1.00 e. The van der Waals surface area contributed by atoms with E-state index in [9.17, 15) is 4.79 Å². The van der Waals surface area contributed by atoms with Crippen molar-refractivity contribution in [2.24, 2.45) is 5.73 Å². The van der Waals surface area contributed by atoms with Crippen molar-refractivity contribution in [1.82, 2.24) is 0 Å². The van der Waals surface area contributed by atoms with Crippen LogP contribution in [0.3, 0.4) is 0 Å². The van der Waals surface area contributed by atoms with Crippen LogP contribution in [0.25, 0.3) is 0 Å². The van der Waals surface area contributed by atoms with E-state index in [0.29, 0.717) is 6.61 Å². The van der Waals surface area contributed by atoms with Crippen molar-refractivity contribution in [3.63, 3.8) is 0 Å². The second kappa shape index (κ2) is 6.22. The minimum absolute atomic E-state index is 0. The molecule has 0 aliphatic carbocycles. The highest BCUT2D eigenvalue weighted by Gasteiger charge is 2.05. The van der Waals surface area contributed by atoms with E-state index in [1.54, 1.807) is 0 Å². The second-order valence-corrected chi connectivity index (χ2v) is 3.53. The summed E-state index contributed by atoms with van der Waals surface area (Å²) in [5, 5.41) is 0. The third kappa shape index (κ3) is 12.4. The monoisotopic (exact) mass is 196 g/mol. The van der Waals surface area contributed by atoms with Crippen LogP contribution in [0.5, 0.6) is 0 Å². The number of nitrogens with zero attached hydrogens (tertiary/aromatic N) is 1. The van der Waals surface area contributed by atoms with Crippen molar-refractivity contribution >= 4 is 5.91 Å². The molecule has 0 rings (SSSR count). The van der Waals surface area contributed by atoms with E-state index >= 15 is 0 Å². The zero-order valence-corrected chi connectivity index (χ0v) is 8.60. The van der Waals surface area contributed by atoms with Crippen LogP contribution in [-0.2, 0) is 9.53 Å². The number of nitrogens with two attached hydrogens (primary N) is 1. The number of amides is 1. The Labute approximate surface area is 79.7 Å². The Balaban J connectivity index is 0. The quantitative estimate of drug-likeness (QED) is 0.362. The van der Waals surface area contributed by atoms with E-state index in [4.69, 9.17) is 10.5 Å². The van der Waals surface area contributed by atoms with Gasteiger partial charge >= 0.3 is 0 Å². The maximum absolute atomic E-state index is 10.2. The zero-order valence-electron chi connectivity index (χ0n) is 7.84. The third-order valence-electron chi connectivity index (χ3n) is 1.15. The molecule has 0 unspecified atom stereocenters. The number of hydrogen-bond acceptors (Lipinski definition) is 2.